The number of H-pyrrole nitrogens is 1. The molecular weight excluding hydrogens is 504 g/mol. The van der Waals surface area contributed by atoms with Crippen LogP contribution in [0.2, 0.25) is 5.02 Å². The van der Waals surface area contributed by atoms with Crippen LogP contribution in [0.15, 0.2) is 41.5 Å². The zero-order valence-corrected chi connectivity index (χ0v) is 19.9. The molecule has 0 spiro atoms. The van der Waals surface area contributed by atoms with Crippen molar-refractivity contribution in [3.8, 4) is 0 Å². The number of phosphoric ester groups is 1. The topological polar surface area (TPSA) is 155 Å². The summed E-state index contributed by atoms with van der Waals surface area (Å²) in [6.45, 7) is 3.88. The molecule has 5 rings (SSSR count). The predicted molar refractivity (Wildman–Crippen MR) is 124 cm³/mol. The predicted octanol–water partition coefficient (Wildman–Crippen LogP) is 3.28. The maximum absolute atomic E-state index is 14.3. The zero-order valence-electron chi connectivity index (χ0n) is 18.3. The Morgan fingerprint density at radius 3 is 3.06 bits per heavy atom. The highest BCUT2D eigenvalue weighted by Crippen LogP contribution is 2.58. The highest BCUT2D eigenvalue weighted by molar-refractivity contribution is 7.48. The zero-order chi connectivity index (χ0) is 24.9. The van der Waals surface area contributed by atoms with Crippen LogP contribution in [-0.4, -0.2) is 43.9 Å². The number of nitrogens with two attached hydrogens (primary N) is 1. The smallest absolute Gasteiger partial charge is 0.392 e. The molecule has 0 unspecified atom stereocenters. The van der Waals surface area contributed by atoms with Crippen LogP contribution in [0.25, 0.3) is 11.2 Å². The Balaban J connectivity index is 1.31. The van der Waals surface area contributed by atoms with E-state index in [0.29, 0.717) is 10.6 Å². The Labute approximate surface area is 203 Å². The fourth-order valence-corrected chi connectivity index (χ4v) is 6.02. The molecule has 186 valence electrons. The van der Waals surface area contributed by atoms with Gasteiger partial charge in [-0.15, -0.1) is 0 Å². The number of nitrogen functional groups attached to an aromatic ring is 1. The number of aliphatic hydroxyl groups is 1. The highest BCUT2D eigenvalue weighted by atomic mass is 35.5. The molecule has 35 heavy (non-hydrogen) atoms. The SMILES string of the molecule is C=C1[C@H](CO[P@]2(=O)OCC[C@H](c3cc(Cl)ccc3F)O2)[C@@H](O)C[C@@H]1n1cnc2c(=O)[nH]c(N)nc21. The van der Waals surface area contributed by atoms with E-state index in [9.17, 15) is 18.9 Å². The molecular formula is C21H22ClFN5O6P. The van der Waals surface area contributed by atoms with Gasteiger partial charge in [-0.2, -0.15) is 4.98 Å². The quantitative estimate of drug-likeness (QED) is 0.336. The second-order valence-corrected chi connectivity index (χ2v) is 10.5. The number of anilines is 1. The van der Waals surface area contributed by atoms with Gasteiger partial charge >= 0.3 is 7.82 Å². The van der Waals surface area contributed by atoms with Crippen molar-refractivity contribution in [2.24, 2.45) is 5.92 Å². The lowest BCUT2D eigenvalue weighted by Crippen LogP contribution is -2.22. The number of halogens is 2. The Bertz CT molecular complexity index is 1410. The molecule has 2 aromatic heterocycles. The number of hydrogen-bond donors (Lipinski definition) is 3. The summed E-state index contributed by atoms with van der Waals surface area (Å²) in [6, 6.07) is 3.56. The van der Waals surface area contributed by atoms with Crippen molar-refractivity contribution in [2.75, 3.05) is 18.9 Å². The first kappa shape index (κ1) is 24.1. The molecule has 0 bridgehead atoms. The second-order valence-electron chi connectivity index (χ2n) is 8.40. The van der Waals surface area contributed by atoms with Crippen LogP contribution in [0.3, 0.4) is 0 Å². The van der Waals surface area contributed by atoms with E-state index in [1.807, 2.05) is 0 Å². The van der Waals surface area contributed by atoms with Crippen LogP contribution >= 0.6 is 19.4 Å². The van der Waals surface area contributed by atoms with Gasteiger partial charge in [-0.05, 0) is 30.2 Å². The van der Waals surface area contributed by atoms with E-state index >= 15 is 0 Å². The normalized spacial score (nSPS) is 29.2. The minimum absolute atomic E-state index is 0.0212. The molecule has 3 aromatic rings. The number of hydrogen-bond acceptors (Lipinski definition) is 9. The van der Waals surface area contributed by atoms with E-state index < -0.39 is 43.4 Å². The van der Waals surface area contributed by atoms with Gasteiger partial charge in [0.15, 0.2) is 11.2 Å². The number of imidazole rings is 1. The van der Waals surface area contributed by atoms with Crippen LogP contribution in [0.1, 0.15) is 30.6 Å². The minimum atomic E-state index is -4.06. The van der Waals surface area contributed by atoms with Crippen molar-refractivity contribution in [3.05, 3.63) is 63.4 Å². The van der Waals surface area contributed by atoms with Gasteiger partial charge in [-0.25, -0.2) is 13.9 Å². The Morgan fingerprint density at radius 1 is 1.46 bits per heavy atom. The van der Waals surface area contributed by atoms with Crippen LogP contribution in [0.4, 0.5) is 10.3 Å². The van der Waals surface area contributed by atoms with Gasteiger partial charge in [0.1, 0.15) is 5.82 Å². The van der Waals surface area contributed by atoms with Gasteiger partial charge in [-0.1, -0.05) is 18.2 Å². The van der Waals surface area contributed by atoms with E-state index in [2.05, 4.69) is 21.5 Å². The summed E-state index contributed by atoms with van der Waals surface area (Å²) in [4.78, 5) is 22.7. The minimum Gasteiger partial charge on any atom is -0.392 e. The fourth-order valence-electron chi connectivity index (χ4n) is 4.44. The first-order valence-electron chi connectivity index (χ1n) is 10.8. The fraction of sp³-hybridized carbons (Fsp3) is 0.381. The average molecular weight is 526 g/mol. The van der Waals surface area contributed by atoms with Crippen molar-refractivity contribution < 1.29 is 27.6 Å². The molecule has 5 atom stereocenters. The molecule has 2 fully saturated rings. The number of fused-ring (bicyclic) bond motifs is 1. The molecule has 11 nitrogen and oxygen atoms in total. The molecule has 3 heterocycles. The monoisotopic (exact) mass is 525 g/mol. The van der Waals surface area contributed by atoms with E-state index in [-0.39, 0.29) is 48.7 Å². The van der Waals surface area contributed by atoms with Gasteiger partial charge in [0.25, 0.3) is 5.56 Å². The summed E-state index contributed by atoms with van der Waals surface area (Å²) >= 11 is 5.97. The van der Waals surface area contributed by atoms with Crippen molar-refractivity contribution in [1.29, 1.82) is 0 Å². The Hall–Kier alpha value is -2.60. The van der Waals surface area contributed by atoms with Crippen molar-refractivity contribution >= 4 is 36.5 Å². The molecule has 1 aromatic carbocycles. The molecule has 1 aliphatic heterocycles. The Morgan fingerprint density at radius 2 is 2.26 bits per heavy atom. The third kappa shape index (κ3) is 4.53. The molecule has 1 saturated carbocycles. The summed E-state index contributed by atoms with van der Waals surface area (Å²) < 4.78 is 45.4. The lowest BCUT2D eigenvalue weighted by Gasteiger charge is -2.30. The maximum Gasteiger partial charge on any atom is 0.475 e. The third-order valence-electron chi connectivity index (χ3n) is 6.22. The van der Waals surface area contributed by atoms with Crippen LogP contribution in [-0.2, 0) is 18.1 Å². The third-order valence-corrected chi connectivity index (χ3v) is 7.93. The lowest BCUT2D eigenvalue weighted by atomic mass is 10.0. The van der Waals surface area contributed by atoms with Crippen molar-refractivity contribution in [1.82, 2.24) is 19.5 Å². The number of aliphatic hydroxyl groups excluding tert-OH is 1. The van der Waals surface area contributed by atoms with Gasteiger partial charge in [0.05, 0.1) is 37.8 Å². The van der Waals surface area contributed by atoms with E-state index in [1.165, 1.54) is 24.5 Å². The number of benzene rings is 1. The molecule has 2 aliphatic rings. The van der Waals surface area contributed by atoms with Crippen LogP contribution in [0, 0.1) is 11.7 Å². The number of nitrogens with zero attached hydrogens (tertiary/aromatic N) is 3. The summed E-state index contributed by atoms with van der Waals surface area (Å²) in [7, 11) is -4.06. The number of phosphoric acid groups is 1. The number of aromatic nitrogens is 4. The lowest BCUT2D eigenvalue weighted by molar-refractivity contribution is 0.0155. The summed E-state index contributed by atoms with van der Waals surface area (Å²) in [5, 5.41) is 11.0. The van der Waals surface area contributed by atoms with Crippen LogP contribution < -0.4 is 11.3 Å². The van der Waals surface area contributed by atoms with Gasteiger partial charge in [0, 0.05) is 22.9 Å². The van der Waals surface area contributed by atoms with Gasteiger partial charge < -0.3 is 15.4 Å². The maximum atomic E-state index is 14.3. The van der Waals surface area contributed by atoms with Crippen molar-refractivity contribution in [3.63, 3.8) is 0 Å². The van der Waals surface area contributed by atoms with Gasteiger partial charge in [-0.3, -0.25) is 23.3 Å². The van der Waals surface area contributed by atoms with E-state index in [0.717, 1.165) is 0 Å². The van der Waals surface area contributed by atoms with Crippen LogP contribution in [0.5, 0.6) is 0 Å². The molecule has 0 amide bonds. The highest BCUT2D eigenvalue weighted by Gasteiger charge is 2.42. The number of nitrogens with one attached hydrogen (secondary N) is 1. The molecule has 1 aliphatic carbocycles. The molecule has 1 saturated heterocycles. The standard InChI is InChI=1S/C21H22ClFN5O6P/c1-10-13(16(29)7-15(10)28-9-25-18-19(28)26-21(24)27-20(18)30)8-33-35(31)32-5-4-17(34-35)12-6-11(22)2-3-14(12)23/h2-3,6,9,13,15-17,29H,1,4-5,7-8H2,(H3,24,26,27,30)/t13-,15-,16-,17+,35-/m0/s1. The second kappa shape index (κ2) is 9.12. The summed E-state index contributed by atoms with van der Waals surface area (Å²) in [5.74, 6) is -1.24. The van der Waals surface area contributed by atoms with E-state index in [1.54, 1.807) is 4.57 Å². The average Bonchev–Trinajstić information content (AvgIpc) is 3.34. The summed E-state index contributed by atoms with van der Waals surface area (Å²) in [6.07, 6.45) is 0.146. The van der Waals surface area contributed by atoms with Crippen molar-refractivity contribution in [2.45, 2.75) is 31.1 Å². The molecule has 0 radical (unpaired) electrons. The first-order chi connectivity index (χ1) is 16.6. The first-order valence-corrected chi connectivity index (χ1v) is 12.6. The number of rotatable bonds is 5. The molecule has 4 N–H and O–H groups in total. The molecule has 14 heteroatoms. The number of aromatic amines is 1. The van der Waals surface area contributed by atoms with E-state index in [4.69, 9.17) is 30.9 Å². The summed E-state index contributed by atoms with van der Waals surface area (Å²) in [5.41, 5.74) is 6.26. The largest absolute Gasteiger partial charge is 0.475 e. The Kier molecular flexibility index (Phi) is 6.28. The van der Waals surface area contributed by atoms with Gasteiger partial charge in [0.2, 0.25) is 5.95 Å².